The van der Waals surface area contributed by atoms with Gasteiger partial charge in [0.25, 0.3) is 0 Å². The summed E-state index contributed by atoms with van der Waals surface area (Å²) in [4.78, 5) is 0.442. The normalized spacial score (nSPS) is 18.1. The minimum Gasteiger partial charge on any atom is -0.493 e. The molecule has 1 aliphatic rings. The second kappa shape index (κ2) is 5.24. The average molecular weight is 311 g/mol. The molecule has 0 saturated heterocycles. The van der Waals surface area contributed by atoms with Crippen LogP contribution in [-0.4, -0.2) is 6.61 Å². The summed E-state index contributed by atoms with van der Waals surface area (Å²) in [6.45, 7) is 10.1. The van der Waals surface area contributed by atoms with E-state index in [1.54, 1.807) is 0 Å². The van der Waals surface area contributed by atoms with Crippen molar-refractivity contribution in [2.75, 3.05) is 6.61 Å². The Hall–Kier alpha value is -0.500. The summed E-state index contributed by atoms with van der Waals surface area (Å²) in [5.74, 6) is 1.76. The van der Waals surface area contributed by atoms with Crippen LogP contribution in [0.5, 0.6) is 5.75 Å². The van der Waals surface area contributed by atoms with Crippen LogP contribution < -0.4 is 4.74 Å². The third-order valence-electron chi connectivity index (χ3n) is 4.11. The molecule has 1 aromatic rings. The van der Waals surface area contributed by atoms with Gasteiger partial charge in [0.1, 0.15) is 5.75 Å². The van der Waals surface area contributed by atoms with Crippen LogP contribution in [-0.2, 0) is 6.42 Å². The number of fused-ring (bicyclic) bond motifs is 1. The molecule has 1 nitrogen and oxygen atoms in total. The van der Waals surface area contributed by atoms with E-state index in [-0.39, 0.29) is 0 Å². The van der Waals surface area contributed by atoms with Crippen LogP contribution in [0.4, 0.5) is 0 Å². The highest BCUT2D eigenvalue weighted by molar-refractivity contribution is 9.09. The van der Waals surface area contributed by atoms with Gasteiger partial charge in [-0.1, -0.05) is 55.8 Å². The van der Waals surface area contributed by atoms with Gasteiger partial charge in [-0.15, -0.1) is 0 Å². The van der Waals surface area contributed by atoms with Crippen molar-refractivity contribution in [1.29, 1.82) is 0 Å². The molecule has 0 spiro atoms. The van der Waals surface area contributed by atoms with Crippen molar-refractivity contribution < 1.29 is 4.74 Å². The molecular formula is C16H23BrO. The summed E-state index contributed by atoms with van der Waals surface area (Å²) in [5, 5.41) is 0. The highest BCUT2D eigenvalue weighted by Gasteiger charge is 2.24. The first kappa shape index (κ1) is 13.9. The molecule has 0 bridgehead atoms. The highest BCUT2D eigenvalue weighted by atomic mass is 79.9. The molecule has 0 saturated carbocycles. The molecule has 2 heteroatoms. The van der Waals surface area contributed by atoms with Crippen molar-refractivity contribution in [3.8, 4) is 5.75 Å². The minimum atomic E-state index is 0.367. The van der Waals surface area contributed by atoms with Crippen LogP contribution in [0.2, 0.25) is 0 Å². The zero-order chi connectivity index (χ0) is 13.3. The third-order valence-corrected chi connectivity index (χ3v) is 5.02. The standard InChI is InChI=1S/C16H23BrO/c1-11(16(2,3)4)9-14(17)12-5-6-15-13(10-12)7-8-18-15/h5-6,10-11,14H,7-9H2,1-4H3. The lowest BCUT2D eigenvalue weighted by molar-refractivity contribution is 0.246. The first-order chi connectivity index (χ1) is 8.38. The van der Waals surface area contributed by atoms with E-state index in [1.165, 1.54) is 17.5 Å². The molecule has 0 N–H and O–H groups in total. The molecule has 0 aliphatic carbocycles. The lowest BCUT2D eigenvalue weighted by Crippen LogP contribution is -2.18. The second-order valence-electron chi connectivity index (χ2n) is 6.44. The van der Waals surface area contributed by atoms with E-state index in [1.807, 2.05) is 0 Å². The number of hydrogen-bond acceptors (Lipinski definition) is 1. The van der Waals surface area contributed by atoms with Crippen molar-refractivity contribution in [2.24, 2.45) is 11.3 Å². The van der Waals surface area contributed by atoms with Crippen LogP contribution in [0, 0.1) is 11.3 Å². The number of benzene rings is 1. The quantitative estimate of drug-likeness (QED) is 0.703. The summed E-state index contributed by atoms with van der Waals surface area (Å²) in [6.07, 6.45) is 2.22. The zero-order valence-electron chi connectivity index (χ0n) is 11.8. The molecule has 2 unspecified atom stereocenters. The Morgan fingerprint density at radius 3 is 2.72 bits per heavy atom. The largest absolute Gasteiger partial charge is 0.493 e. The van der Waals surface area contributed by atoms with Crippen LogP contribution in [0.15, 0.2) is 18.2 Å². The molecule has 0 radical (unpaired) electrons. The van der Waals surface area contributed by atoms with Gasteiger partial charge in [0.15, 0.2) is 0 Å². The topological polar surface area (TPSA) is 9.23 Å². The lowest BCUT2D eigenvalue weighted by atomic mass is 9.79. The van der Waals surface area contributed by atoms with Crippen LogP contribution in [0.25, 0.3) is 0 Å². The summed E-state index contributed by atoms with van der Waals surface area (Å²) in [7, 11) is 0. The monoisotopic (exact) mass is 310 g/mol. The molecule has 1 aliphatic heterocycles. The smallest absolute Gasteiger partial charge is 0.122 e. The summed E-state index contributed by atoms with van der Waals surface area (Å²) < 4.78 is 5.55. The van der Waals surface area contributed by atoms with Crippen LogP contribution in [0.3, 0.4) is 0 Å². The Kier molecular flexibility index (Phi) is 4.05. The SMILES string of the molecule is CC(CC(Br)c1ccc2c(c1)CCO2)C(C)(C)C. The predicted molar refractivity (Wildman–Crippen MR) is 80.5 cm³/mol. The minimum absolute atomic E-state index is 0.367. The van der Waals surface area contributed by atoms with E-state index in [2.05, 4.69) is 61.8 Å². The van der Waals surface area contributed by atoms with E-state index in [9.17, 15) is 0 Å². The molecule has 0 aromatic heterocycles. The van der Waals surface area contributed by atoms with Crippen LogP contribution >= 0.6 is 15.9 Å². The van der Waals surface area contributed by atoms with Gasteiger partial charge in [-0.2, -0.15) is 0 Å². The van der Waals surface area contributed by atoms with Crippen molar-refractivity contribution in [2.45, 2.75) is 45.4 Å². The van der Waals surface area contributed by atoms with Gasteiger partial charge in [-0.3, -0.25) is 0 Å². The Bertz CT molecular complexity index is 420. The number of rotatable bonds is 3. The van der Waals surface area contributed by atoms with Crippen molar-refractivity contribution >= 4 is 15.9 Å². The molecule has 1 heterocycles. The summed E-state index contributed by atoms with van der Waals surface area (Å²) in [5.41, 5.74) is 3.11. The fraction of sp³-hybridized carbons (Fsp3) is 0.625. The maximum absolute atomic E-state index is 5.55. The lowest BCUT2D eigenvalue weighted by Gasteiger charge is -2.29. The van der Waals surface area contributed by atoms with Gasteiger partial charge < -0.3 is 4.74 Å². The van der Waals surface area contributed by atoms with Gasteiger partial charge in [0.05, 0.1) is 6.61 Å². The number of halogens is 1. The maximum Gasteiger partial charge on any atom is 0.122 e. The van der Waals surface area contributed by atoms with Gasteiger partial charge in [0.2, 0.25) is 0 Å². The van der Waals surface area contributed by atoms with Gasteiger partial charge in [-0.05, 0) is 34.9 Å². The molecule has 2 atom stereocenters. The maximum atomic E-state index is 5.55. The molecular weight excluding hydrogens is 288 g/mol. The van der Waals surface area contributed by atoms with E-state index >= 15 is 0 Å². The molecule has 0 fully saturated rings. The number of hydrogen-bond donors (Lipinski definition) is 0. The molecule has 2 rings (SSSR count). The van der Waals surface area contributed by atoms with Crippen molar-refractivity contribution in [3.05, 3.63) is 29.3 Å². The summed E-state index contributed by atoms with van der Waals surface area (Å²) in [6, 6.07) is 6.61. The first-order valence-corrected chi connectivity index (χ1v) is 7.69. The predicted octanol–water partition coefficient (Wildman–Crippen LogP) is 5.13. The molecule has 100 valence electrons. The fourth-order valence-electron chi connectivity index (χ4n) is 2.20. The number of ether oxygens (including phenoxy) is 1. The van der Waals surface area contributed by atoms with Crippen molar-refractivity contribution in [3.63, 3.8) is 0 Å². The first-order valence-electron chi connectivity index (χ1n) is 6.77. The van der Waals surface area contributed by atoms with Gasteiger partial charge in [-0.25, -0.2) is 0 Å². The van der Waals surface area contributed by atoms with E-state index in [0.717, 1.165) is 18.8 Å². The number of alkyl halides is 1. The molecule has 0 amide bonds. The Labute approximate surface area is 119 Å². The molecule has 18 heavy (non-hydrogen) atoms. The van der Waals surface area contributed by atoms with Gasteiger partial charge >= 0.3 is 0 Å². The van der Waals surface area contributed by atoms with Gasteiger partial charge in [0, 0.05) is 11.2 Å². The average Bonchev–Trinajstić information content (AvgIpc) is 2.74. The highest BCUT2D eigenvalue weighted by Crippen LogP contribution is 2.39. The van der Waals surface area contributed by atoms with E-state index in [0.29, 0.717) is 16.2 Å². The Balaban J connectivity index is 2.07. The third kappa shape index (κ3) is 3.09. The Morgan fingerprint density at radius 1 is 1.33 bits per heavy atom. The zero-order valence-corrected chi connectivity index (χ0v) is 13.4. The van der Waals surface area contributed by atoms with E-state index < -0.39 is 0 Å². The molecule has 1 aromatic carbocycles. The van der Waals surface area contributed by atoms with Crippen LogP contribution in [0.1, 0.15) is 50.1 Å². The Morgan fingerprint density at radius 2 is 2.06 bits per heavy atom. The van der Waals surface area contributed by atoms with E-state index in [4.69, 9.17) is 4.74 Å². The summed E-state index contributed by atoms with van der Waals surface area (Å²) >= 11 is 3.85. The second-order valence-corrected chi connectivity index (χ2v) is 7.54. The van der Waals surface area contributed by atoms with Crippen molar-refractivity contribution in [1.82, 2.24) is 0 Å². The fourth-order valence-corrected chi connectivity index (χ4v) is 3.05.